The predicted octanol–water partition coefficient (Wildman–Crippen LogP) is 3.08. The Morgan fingerprint density at radius 2 is 1.86 bits per heavy atom. The van der Waals surface area contributed by atoms with Crippen LogP contribution in [-0.4, -0.2) is 15.0 Å². The zero-order chi connectivity index (χ0) is 16.3. The lowest BCUT2D eigenvalue weighted by Gasteiger charge is -2.13. The number of rotatable bonds is 6. The molecule has 1 N–H and O–H groups in total. The highest BCUT2D eigenvalue weighted by atomic mass is 32.2. The minimum absolute atomic E-state index is 0.127. The van der Waals surface area contributed by atoms with Gasteiger partial charge in [0.05, 0.1) is 18.0 Å². The SMILES string of the molecule is CCOc1cc(C)c(S(=O)(=O)NCc2ccc(C)o2)cc1C. The maximum absolute atomic E-state index is 12.5. The monoisotopic (exact) mass is 323 g/mol. The number of furan rings is 1. The summed E-state index contributed by atoms with van der Waals surface area (Å²) < 4.78 is 38.3. The summed E-state index contributed by atoms with van der Waals surface area (Å²) in [7, 11) is -3.60. The Balaban J connectivity index is 2.23. The van der Waals surface area contributed by atoms with Gasteiger partial charge in [-0.2, -0.15) is 0 Å². The van der Waals surface area contributed by atoms with E-state index in [1.807, 2.05) is 20.8 Å². The van der Waals surface area contributed by atoms with Crippen molar-refractivity contribution in [1.82, 2.24) is 4.72 Å². The highest BCUT2D eigenvalue weighted by Gasteiger charge is 2.19. The van der Waals surface area contributed by atoms with E-state index < -0.39 is 10.0 Å². The molecule has 0 spiro atoms. The average Bonchev–Trinajstić information content (AvgIpc) is 2.86. The van der Waals surface area contributed by atoms with E-state index in [1.54, 1.807) is 31.2 Å². The normalized spacial score (nSPS) is 11.6. The summed E-state index contributed by atoms with van der Waals surface area (Å²) in [5.41, 5.74) is 1.44. The Kier molecular flexibility index (Phi) is 4.93. The van der Waals surface area contributed by atoms with Crippen LogP contribution >= 0.6 is 0 Å². The highest BCUT2D eigenvalue weighted by Crippen LogP contribution is 2.26. The average molecular weight is 323 g/mol. The molecular formula is C16H21NO4S. The van der Waals surface area contributed by atoms with E-state index in [1.165, 1.54) is 0 Å². The summed E-state index contributed by atoms with van der Waals surface area (Å²) in [6.45, 7) is 7.97. The molecule has 2 rings (SSSR count). The number of ether oxygens (including phenoxy) is 1. The van der Waals surface area contributed by atoms with Gasteiger partial charge in [0.1, 0.15) is 17.3 Å². The van der Waals surface area contributed by atoms with Gasteiger partial charge in [0.15, 0.2) is 0 Å². The molecule has 0 radical (unpaired) electrons. The lowest BCUT2D eigenvalue weighted by molar-refractivity contribution is 0.337. The van der Waals surface area contributed by atoms with Crippen LogP contribution < -0.4 is 9.46 Å². The molecule has 1 aromatic heterocycles. The zero-order valence-electron chi connectivity index (χ0n) is 13.3. The van der Waals surface area contributed by atoms with E-state index >= 15 is 0 Å². The molecule has 0 atom stereocenters. The summed E-state index contributed by atoms with van der Waals surface area (Å²) in [4.78, 5) is 0.261. The van der Waals surface area contributed by atoms with Crippen LogP contribution in [0, 0.1) is 20.8 Å². The van der Waals surface area contributed by atoms with Crippen LogP contribution in [-0.2, 0) is 16.6 Å². The van der Waals surface area contributed by atoms with E-state index in [0.717, 1.165) is 11.3 Å². The Morgan fingerprint density at radius 1 is 1.14 bits per heavy atom. The van der Waals surface area contributed by atoms with Gasteiger partial charge in [-0.3, -0.25) is 0 Å². The van der Waals surface area contributed by atoms with Gasteiger partial charge < -0.3 is 9.15 Å². The smallest absolute Gasteiger partial charge is 0.241 e. The predicted molar refractivity (Wildman–Crippen MR) is 84.6 cm³/mol. The Bertz CT molecular complexity index is 762. The van der Waals surface area contributed by atoms with Crippen LogP contribution in [0.15, 0.2) is 33.6 Å². The third kappa shape index (κ3) is 3.69. The molecule has 0 saturated heterocycles. The molecule has 120 valence electrons. The Labute approximate surface area is 131 Å². The second-order valence-electron chi connectivity index (χ2n) is 5.15. The second kappa shape index (κ2) is 6.54. The maximum Gasteiger partial charge on any atom is 0.241 e. The van der Waals surface area contributed by atoms with Crippen LogP contribution in [0.5, 0.6) is 5.75 Å². The first kappa shape index (κ1) is 16.6. The molecule has 0 aliphatic carbocycles. The van der Waals surface area contributed by atoms with Crippen LogP contribution in [0.2, 0.25) is 0 Å². The van der Waals surface area contributed by atoms with Crippen molar-refractivity contribution in [3.63, 3.8) is 0 Å². The van der Waals surface area contributed by atoms with E-state index in [0.29, 0.717) is 23.7 Å². The van der Waals surface area contributed by atoms with Crippen molar-refractivity contribution in [3.05, 3.63) is 46.9 Å². The van der Waals surface area contributed by atoms with Crippen LogP contribution in [0.3, 0.4) is 0 Å². The minimum atomic E-state index is -3.60. The molecule has 1 heterocycles. The van der Waals surface area contributed by atoms with Crippen molar-refractivity contribution in [2.24, 2.45) is 0 Å². The molecule has 1 aromatic carbocycles. The van der Waals surface area contributed by atoms with Gasteiger partial charge in [-0.25, -0.2) is 13.1 Å². The van der Waals surface area contributed by atoms with Gasteiger partial charge >= 0.3 is 0 Å². The molecule has 2 aromatic rings. The van der Waals surface area contributed by atoms with Crippen molar-refractivity contribution in [2.45, 2.75) is 39.1 Å². The minimum Gasteiger partial charge on any atom is -0.494 e. The van der Waals surface area contributed by atoms with Crippen molar-refractivity contribution >= 4 is 10.0 Å². The van der Waals surface area contributed by atoms with Gasteiger partial charge in [-0.1, -0.05) is 0 Å². The van der Waals surface area contributed by atoms with E-state index in [4.69, 9.17) is 9.15 Å². The van der Waals surface area contributed by atoms with E-state index in [2.05, 4.69) is 4.72 Å². The summed E-state index contributed by atoms with van der Waals surface area (Å²) in [5, 5.41) is 0. The summed E-state index contributed by atoms with van der Waals surface area (Å²) in [6.07, 6.45) is 0. The first-order chi connectivity index (χ1) is 10.3. The fourth-order valence-corrected chi connectivity index (χ4v) is 3.49. The summed E-state index contributed by atoms with van der Waals surface area (Å²) in [6, 6.07) is 6.95. The third-order valence-electron chi connectivity index (χ3n) is 3.29. The van der Waals surface area contributed by atoms with Crippen molar-refractivity contribution in [2.75, 3.05) is 6.61 Å². The van der Waals surface area contributed by atoms with Gasteiger partial charge in [0.2, 0.25) is 10.0 Å². The van der Waals surface area contributed by atoms with Crippen molar-refractivity contribution in [3.8, 4) is 5.75 Å². The van der Waals surface area contributed by atoms with Crippen molar-refractivity contribution < 1.29 is 17.6 Å². The number of benzene rings is 1. The summed E-state index contributed by atoms with van der Waals surface area (Å²) in [5.74, 6) is 2.05. The molecule has 0 aliphatic heterocycles. The van der Waals surface area contributed by atoms with Crippen LogP contribution in [0.25, 0.3) is 0 Å². The van der Waals surface area contributed by atoms with Crippen molar-refractivity contribution in [1.29, 1.82) is 0 Å². The molecule has 0 amide bonds. The molecule has 0 aliphatic rings. The Hall–Kier alpha value is -1.79. The molecule has 5 nitrogen and oxygen atoms in total. The standard InChI is InChI=1S/C16H21NO4S/c1-5-20-15-8-12(3)16(9-11(15)2)22(18,19)17-10-14-7-6-13(4)21-14/h6-9,17H,5,10H2,1-4H3. The van der Waals surface area contributed by atoms with Crippen LogP contribution in [0.4, 0.5) is 0 Å². The fraction of sp³-hybridized carbons (Fsp3) is 0.375. The lowest BCUT2D eigenvalue weighted by atomic mass is 10.1. The number of hydrogen-bond donors (Lipinski definition) is 1. The number of aryl methyl sites for hydroxylation is 3. The molecular weight excluding hydrogens is 302 g/mol. The van der Waals surface area contributed by atoms with Gasteiger partial charge in [-0.15, -0.1) is 0 Å². The molecule has 0 fully saturated rings. The topological polar surface area (TPSA) is 68.5 Å². The van der Waals surface area contributed by atoms with E-state index in [-0.39, 0.29) is 11.4 Å². The number of sulfonamides is 1. The van der Waals surface area contributed by atoms with Gasteiger partial charge in [0.25, 0.3) is 0 Å². The molecule has 0 unspecified atom stereocenters. The fourth-order valence-electron chi connectivity index (χ4n) is 2.19. The number of hydrogen-bond acceptors (Lipinski definition) is 4. The summed E-state index contributed by atoms with van der Waals surface area (Å²) >= 11 is 0. The molecule has 0 saturated carbocycles. The first-order valence-corrected chi connectivity index (χ1v) is 8.61. The quantitative estimate of drug-likeness (QED) is 0.887. The second-order valence-corrected chi connectivity index (χ2v) is 6.89. The lowest BCUT2D eigenvalue weighted by Crippen LogP contribution is -2.24. The Morgan fingerprint density at radius 3 is 2.45 bits per heavy atom. The first-order valence-electron chi connectivity index (χ1n) is 7.12. The van der Waals surface area contributed by atoms with Gasteiger partial charge in [-0.05, 0) is 63.1 Å². The molecule has 0 bridgehead atoms. The number of nitrogens with one attached hydrogen (secondary N) is 1. The zero-order valence-corrected chi connectivity index (χ0v) is 14.1. The molecule has 22 heavy (non-hydrogen) atoms. The third-order valence-corrected chi connectivity index (χ3v) is 4.84. The van der Waals surface area contributed by atoms with Gasteiger partial charge in [0, 0.05) is 0 Å². The van der Waals surface area contributed by atoms with E-state index in [9.17, 15) is 8.42 Å². The van der Waals surface area contributed by atoms with Crippen LogP contribution in [0.1, 0.15) is 29.6 Å². The highest BCUT2D eigenvalue weighted by molar-refractivity contribution is 7.89. The maximum atomic E-state index is 12.5. The largest absolute Gasteiger partial charge is 0.494 e. The molecule has 6 heteroatoms.